The number of ether oxygens (including phenoxy) is 2. The minimum atomic E-state index is -1.04. The van der Waals surface area contributed by atoms with Crippen LogP contribution in [0.4, 0.5) is 10.1 Å². The number of carbonyl (C=O) groups is 2. The quantitative estimate of drug-likeness (QED) is 0.412. The summed E-state index contributed by atoms with van der Waals surface area (Å²) in [6, 6.07) is 13.3. The van der Waals surface area contributed by atoms with E-state index in [4.69, 9.17) is 15.2 Å². The summed E-state index contributed by atoms with van der Waals surface area (Å²) in [4.78, 5) is 31.9. The summed E-state index contributed by atoms with van der Waals surface area (Å²) >= 11 is 0. The molecule has 3 aromatic rings. The molecule has 1 fully saturated rings. The first-order chi connectivity index (χ1) is 17.7. The third-order valence-corrected chi connectivity index (χ3v) is 5.62. The minimum Gasteiger partial charge on any atom is -0.491 e. The first kappa shape index (κ1) is 25.8. The molecular weight excluding hydrogens is 479 g/mol. The predicted octanol–water partition coefficient (Wildman–Crippen LogP) is 1.85. The molecule has 0 unspecified atom stereocenters. The second-order valence-electron chi connectivity index (χ2n) is 8.55. The van der Waals surface area contributed by atoms with E-state index in [0.717, 1.165) is 11.1 Å². The standard InChI is InChI=1S/C15H15NO4.C12H10FN3O/c1-16-12-8-11(4-6-15(18)9-19-10-15)2-3-13(12)20-7-5-14(16)17;13-11-3-1-2-9(16-11)6-8-4-5-15-10(7-8)12(14)17/h2-3,8,18H,5,7,9-10H2,1H3;1-5,7H,6H2,(H2,14,17). The Labute approximate surface area is 213 Å². The van der Waals surface area contributed by atoms with Crippen LogP contribution in [0.3, 0.4) is 0 Å². The molecular formula is C27H25FN4O5. The molecule has 0 radical (unpaired) electrons. The molecule has 0 bridgehead atoms. The number of halogens is 1. The number of carbonyl (C=O) groups excluding carboxylic acids is 2. The molecule has 4 heterocycles. The summed E-state index contributed by atoms with van der Waals surface area (Å²) in [5.74, 6) is 5.30. The van der Waals surface area contributed by atoms with Gasteiger partial charge < -0.3 is 25.2 Å². The van der Waals surface area contributed by atoms with Gasteiger partial charge in [-0.05, 0) is 48.0 Å². The zero-order valence-corrected chi connectivity index (χ0v) is 20.1. The Morgan fingerprint density at radius 1 is 1.24 bits per heavy atom. The Bertz CT molecular complexity index is 1380. The average molecular weight is 505 g/mol. The van der Waals surface area contributed by atoms with Crippen molar-refractivity contribution in [3.8, 4) is 17.6 Å². The first-order valence-corrected chi connectivity index (χ1v) is 11.5. The summed E-state index contributed by atoms with van der Waals surface area (Å²) in [5, 5.41) is 9.86. The number of aliphatic hydroxyl groups is 1. The number of aromatic nitrogens is 2. The van der Waals surface area contributed by atoms with E-state index in [2.05, 4.69) is 21.8 Å². The molecule has 2 amide bonds. The van der Waals surface area contributed by atoms with Gasteiger partial charge in [0.05, 0.1) is 31.9 Å². The maximum atomic E-state index is 12.9. The number of nitrogens with zero attached hydrogens (tertiary/aromatic N) is 3. The van der Waals surface area contributed by atoms with Crippen LogP contribution in [-0.2, 0) is 16.0 Å². The predicted molar refractivity (Wildman–Crippen MR) is 132 cm³/mol. The van der Waals surface area contributed by atoms with Gasteiger partial charge in [-0.3, -0.25) is 14.6 Å². The van der Waals surface area contributed by atoms with E-state index >= 15 is 0 Å². The Morgan fingerprint density at radius 2 is 2.05 bits per heavy atom. The fourth-order valence-electron chi connectivity index (χ4n) is 3.56. The van der Waals surface area contributed by atoms with Crippen molar-refractivity contribution in [3.05, 3.63) is 83.2 Å². The van der Waals surface area contributed by atoms with Gasteiger partial charge in [0, 0.05) is 30.9 Å². The molecule has 9 nitrogen and oxygen atoms in total. The number of benzene rings is 1. The number of nitrogens with two attached hydrogens (primary N) is 1. The van der Waals surface area contributed by atoms with Crippen molar-refractivity contribution < 1.29 is 28.6 Å². The normalized spacial score (nSPS) is 15.4. The zero-order chi connectivity index (χ0) is 26.4. The number of hydrogen-bond donors (Lipinski definition) is 2. The Morgan fingerprint density at radius 3 is 2.76 bits per heavy atom. The lowest BCUT2D eigenvalue weighted by molar-refractivity contribution is -0.140. The number of pyridine rings is 2. The maximum Gasteiger partial charge on any atom is 0.267 e. The Kier molecular flexibility index (Phi) is 7.77. The topological polar surface area (TPSA) is 128 Å². The number of anilines is 1. The van der Waals surface area contributed by atoms with Gasteiger partial charge in [0.15, 0.2) is 5.60 Å². The van der Waals surface area contributed by atoms with E-state index < -0.39 is 17.5 Å². The van der Waals surface area contributed by atoms with Crippen LogP contribution in [0.15, 0.2) is 54.7 Å². The van der Waals surface area contributed by atoms with Gasteiger partial charge in [0.2, 0.25) is 11.9 Å². The molecule has 5 rings (SSSR count). The Balaban J connectivity index is 0.000000176. The molecule has 190 valence electrons. The van der Waals surface area contributed by atoms with Crippen molar-refractivity contribution in [2.24, 2.45) is 5.73 Å². The first-order valence-electron chi connectivity index (χ1n) is 11.5. The van der Waals surface area contributed by atoms with Crippen molar-refractivity contribution in [3.63, 3.8) is 0 Å². The van der Waals surface area contributed by atoms with E-state index in [9.17, 15) is 19.1 Å². The molecule has 37 heavy (non-hydrogen) atoms. The third-order valence-electron chi connectivity index (χ3n) is 5.62. The van der Waals surface area contributed by atoms with Crippen LogP contribution in [0, 0.1) is 17.8 Å². The van der Waals surface area contributed by atoms with Gasteiger partial charge in [-0.1, -0.05) is 17.9 Å². The van der Waals surface area contributed by atoms with Gasteiger partial charge in [-0.15, -0.1) is 0 Å². The van der Waals surface area contributed by atoms with Gasteiger partial charge in [-0.25, -0.2) is 4.98 Å². The lowest BCUT2D eigenvalue weighted by atomic mass is 10.0. The number of primary amides is 1. The molecule has 1 saturated heterocycles. The van der Waals surface area contributed by atoms with Gasteiger partial charge >= 0.3 is 0 Å². The van der Waals surface area contributed by atoms with Gasteiger partial charge in [0.25, 0.3) is 5.91 Å². The second-order valence-corrected chi connectivity index (χ2v) is 8.55. The lowest BCUT2D eigenvalue weighted by Gasteiger charge is -2.30. The van der Waals surface area contributed by atoms with E-state index in [1.807, 2.05) is 6.07 Å². The average Bonchev–Trinajstić information content (AvgIpc) is 3.00. The van der Waals surface area contributed by atoms with Crippen LogP contribution in [0.2, 0.25) is 0 Å². The van der Waals surface area contributed by atoms with E-state index in [1.165, 1.54) is 12.3 Å². The minimum absolute atomic E-state index is 0.0138. The van der Waals surface area contributed by atoms with Crippen molar-refractivity contribution in [2.75, 3.05) is 31.8 Å². The second kappa shape index (κ2) is 11.2. The van der Waals surface area contributed by atoms with Crippen molar-refractivity contribution in [1.29, 1.82) is 0 Å². The highest BCUT2D eigenvalue weighted by molar-refractivity contribution is 5.95. The summed E-state index contributed by atoms with van der Waals surface area (Å²) < 4.78 is 23.4. The largest absolute Gasteiger partial charge is 0.491 e. The number of fused-ring (bicyclic) bond motifs is 1. The molecule has 2 aromatic heterocycles. The fourth-order valence-corrected chi connectivity index (χ4v) is 3.56. The van der Waals surface area contributed by atoms with Crippen LogP contribution in [0.1, 0.15) is 33.7 Å². The molecule has 1 aromatic carbocycles. The van der Waals surface area contributed by atoms with Gasteiger partial charge in [-0.2, -0.15) is 4.39 Å². The Hall–Kier alpha value is -4.33. The van der Waals surface area contributed by atoms with Crippen LogP contribution >= 0.6 is 0 Å². The summed E-state index contributed by atoms with van der Waals surface area (Å²) in [6.45, 7) is 0.872. The van der Waals surface area contributed by atoms with Crippen molar-refractivity contribution in [2.45, 2.75) is 18.4 Å². The summed E-state index contributed by atoms with van der Waals surface area (Å²) in [7, 11) is 1.72. The van der Waals surface area contributed by atoms with Crippen molar-refractivity contribution >= 4 is 17.5 Å². The van der Waals surface area contributed by atoms with Crippen LogP contribution in [0.5, 0.6) is 5.75 Å². The number of rotatable bonds is 3. The summed E-state index contributed by atoms with van der Waals surface area (Å²) in [6.07, 6.45) is 2.29. The smallest absolute Gasteiger partial charge is 0.267 e. The van der Waals surface area contributed by atoms with E-state index in [-0.39, 0.29) is 24.8 Å². The monoisotopic (exact) mass is 504 g/mol. The zero-order valence-electron chi connectivity index (χ0n) is 20.1. The maximum absolute atomic E-state index is 12.9. The number of amides is 2. The van der Waals surface area contributed by atoms with Crippen LogP contribution in [-0.4, -0.2) is 59.4 Å². The van der Waals surface area contributed by atoms with E-state index in [0.29, 0.717) is 36.6 Å². The van der Waals surface area contributed by atoms with E-state index in [1.54, 1.807) is 48.3 Å². The molecule has 3 N–H and O–H groups in total. The molecule has 0 aliphatic carbocycles. The SMILES string of the molecule is CN1C(=O)CCOc2ccc(C#CC3(O)COC3)cc21.NC(=O)c1cc(Cc2cccc(F)n2)ccn1. The van der Waals surface area contributed by atoms with Crippen LogP contribution < -0.4 is 15.4 Å². The molecule has 10 heteroatoms. The van der Waals surface area contributed by atoms with Crippen LogP contribution in [0.25, 0.3) is 0 Å². The molecule has 2 aliphatic heterocycles. The molecule has 2 aliphatic rings. The van der Waals surface area contributed by atoms with Crippen molar-refractivity contribution in [1.82, 2.24) is 9.97 Å². The highest BCUT2D eigenvalue weighted by Gasteiger charge is 2.33. The highest BCUT2D eigenvalue weighted by atomic mass is 19.1. The fraction of sp³-hybridized carbons (Fsp3) is 0.259. The summed E-state index contributed by atoms with van der Waals surface area (Å²) in [5.41, 5.74) is 7.12. The molecule has 0 atom stereocenters. The highest BCUT2D eigenvalue weighted by Crippen LogP contribution is 2.31. The molecule has 0 spiro atoms. The lowest BCUT2D eigenvalue weighted by Crippen LogP contribution is -2.48. The third kappa shape index (κ3) is 6.67. The number of hydrogen-bond acceptors (Lipinski definition) is 7. The van der Waals surface area contributed by atoms with Gasteiger partial charge in [0.1, 0.15) is 11.4 Å². The molecule has 0 saturated carbocycles.